The summed E-state index contributed by atoms with van der Waals surface area (Å²) >= 11 is 6.38. The van der Waals surface area contributed by atoms with Crippen LogP contribution >= 0.6 is 11.6 Å². The van der Waals surface area contributed by atoms with Gasteiger partial charge in [0, 0.05) is 18.9 Å². The quantitative estimate of drug-likeness (QED) is 0.409. The smallest absolute Gasteiger partial charge is 0.416 e. The fourth-order valence-electron chi connectivity index (χ4n) is 5.01. The molecule has 1 saturated carbocycles. The summed E-state index contributed by atoms with van der Waals surface area (Å²) in [6, 6.07) is -0.0663. The fraction of sp³-hybridized carbons (Fsp3) is 0.708. The van der Waals surface area contributed by atoms with Gasteiger partial charge in [0.25, 0.3) is 0 Å². The highest BCUT2D eigenvalue weighted by Crippen LogP contribution is 2.40. The third-order valence-electron chi connectivity index (χ3n) is 6.56. The van der Waals surface area contributed by atoms with E-state index in [0.29, 0.717) is 16.9 Å². The van der Waals surface area contributed by atoms with Crippen molar-refractivity contribution in [3.63, 3.8) is 0 Å². The van der Waals surface area contributed by atoms with E-state index in [2.05, 4.69) is 15.1 Å². The Labute approximate surface area is 210 Å². The number of anilines is 1. The molecule has 1 aliphatic heterocycles. The number of nitrogens with zero attached hydrogens (tertiary/aromatic N) is 5. The molecule has 2 aliphatic rings. The van der Waals surface area contributed by atoms with Crippen LogP contribution in [0.3, 0.4) is 0 Å². The summed E-state index contributed by atoms with van der Waals surface area (Å²) in [5.41, 5.74) is -0.272. The van der Waals surface area contributed by atoms with Gasteiger partial charge in [0.05, 0.1) is 17.7 Å². The van der Waals surface area contributed by atoms with E-state index in [4.69, 9.17) is 25.8 Å². The zero-order valence-corrected chi connectivity index (χ0v) is 21.9. The summed E-state index contributed by atoms with van der Waals surface area (Å²) in [6.45, 7) is 10.9. The number of ether oxygens (including phenoxy) is 3. The maximum Gasteiger partial charge on any atom is 0.416 e. The molecule has 3 heterocycles. The van der Waals surface area contributed by atoms with Crippen molar-refractivity contribution in [2.45, 2.75) is 104 Å². The Morgan fingerprint density at radius 2 is 1.94 bits per heavy atom. The first-order chi connectivity index (χ1) is 16.5. The third kappa shape index (κ3) is 5.23. The van der Waals surface area contributed by atoms with Gasteiger partial charge in [0.1, 0.15) is 5.60 Å². The highest BCUT2D eigenvalue weighted by molar-refractivity contribution is 6.28. The maximum absolute atomic E-state index is 13.4. The lowest BCUT2D eigenvalue weighted by Crippen LogP contribution is -2.43. The van der Waals surface area contributed by atoms with Crippen LogP contribution in [0.25, 0.3) is 11.0 Å². The van der Waals surface area contributed by atoms with Crippen molar-refractivity contribution in [1.29, 1.82) is 0 Å². The van der Waals surface area contributed by atoms with E-state index < -0.39 is 30.0 Å². The predicted octanol–water partition coefficient (Wildman–Crippen LogP) is 5.04. The van der Waals surface area contributed by atoms with Crippen molar-refractivity contribution in [1.82, 2.24) is 19.7 Å². The number of fused-ring (bicyclic) bond motifs is 1. The van der Waals surface area contributed by atoms with Crippen LogP contribution in [0.1, 0.15) is 79.9 Å². The molecule has 1 amide bonds. The van der Waals surface area contributed by atoms with Crippen molar-refractivity contribution in [2.75, 3.05) is 4.90 Å². The predicted molar refractivity (Wildman–Crippen MR) is 130 cm³/mol. The van der Waals surface area contributed by atoms with Crippen LogP contribution in [0.2, 0.25) is 5.28 Å². The Balaban J connectivity index is 1.80. The third-order valence-corrected chi connectivity index (χ3v) is 6.73. The molecule has 1 aliphatic carbocycles. The van der Waals surface area contributed by atoms with Crippen LogP contribution < -0.4 is 4.90 Å². The lowest BCUT2D eigenvalue weighted by molar-refractivity contribution is -0.154. The molecular weight excluding hydrogens is 474 g/mol. The molecule has 2 aromatic rings. The van der Waals surface area contributed by atoms with Crippen LogP contribution in [-0.4, -0.2) is 55.7 Å². The van der Waals surface area contributed by atoms with Gasteiger partial charge in [-0.2, -0.15) is 15.1 Å². The minimum atomic E-state index is -0.684. The van der Waals surface area contributed by atoms with Gasteiger partial charge in [-0.15, -0.1) is 0 Å². The molecule has 0 spiro atoms. The lowest BCUT2D eigenvalue weighted by Gasteiger charge is -2.31. The van der Waals surface area contributed by atoms with E-state index in [1.54, 1.807) is 15.8 Å². The van der Waals surface area contributed by atoms with Crippen molar-refractivity contribution >= 4 is 40.5 Å². The Hall–Kier alpha value is -2.46. The highest BCUT2D eigenvalue weighted by atomic mass is 35.5. The average Bonchev–Trinajstić information content (AvgIpc) is 3.47. The topological polar surface area (TPSA) is 109 Å². The lowest BCUT2D eigenvalue weighted by atomic mass is 9.98. The van der Waals surface area contributed by atoms with Crippen molar-refractivity contribution in [2.24, 2.45) is 5.92 Å². The van der Waals surface area contributed by atoms with Gasteiger partial charge in [0.2, 0.25) is 5.28 Å². The number of halogens is 1. The van der Waals surface area contributed by atoms with E-state index in [1.807, 2.05) is 34.6 Å². The second-order valence-electron chi connectivity index (χ2n) is 10.3. The first-order valence-corrected chi connectivity index (χ1v) is 12.6. The fourth-order valence-corrected chi connectivity index (χ4v) is 5.17. The van der Waals surface area contributed by atoms with Gasteiger partial charge in [-0.05, 0) is 51.6 Å². The van der Waals surface area contributed by atoms with E-state index >= 15 is 0 Å². The van der Waals surface area contributed by atoms with Crippen molar-refractivity contribution in [3.8, 4) is 0 Å². The number of hydrogen-bond acceptors (Lipinski definition) is 8. The molecule has 2 fully saturated rings. The molecule has 0 bridgehead atoms. The number of esters is 1. The molecule has 4 rings (SSSR count). The molecular formula is C24H34ClN5O5. The molecule has 11 heteroatoms. The van der Waals surface area contributed by atoms with E-state index in [-0.39, 0.29) is 23.3 Å². The highest BCUT2D eigenvalue weighted by Gasteiger charge is 2.46. The number of amides is 1. The van der Waals surface area contributed by atoms with Gasteiger partial charge < -0.3 is 14.2 Å². The van der Waals surface area contributed by atoms with Crippen molar-refractivity contribution < 1.29 is 23.8 Å². The second kappa shape index (κ2) is 9.89. The minimum Gasteiger partial charge on any atom is -0.457 e. The molecule has 192 valence electrons. The first-order valence-electron chi connectivity index (χ1n) is 12.3. The van der Waals surface area contributed by atoms with Crippen LogP contribution in [0.4, 0.5) is 10.6 Å². The first kappa shape index (κ1) is 25.6. The zero-order valence-electron chi connectivity index (χ0n) is 21.2. The number of carbonyl (C=O) groups is 2. The van der Waals surface area contributed by atoms with Gasteiger partial charge >= 0.3 is 12.1 Å². The average molecular weight is 508 g/mol. The molecule has 0 aromatic carbocycles. The largest absolute Gasteiger partial charge is 0.457 e. The van der Waals surface area contributed by atoms with E-state index in [1.165, 1.54) is 6.92 Å². The summed E-state index contributed by atoms with van der Waals surface area (Å²) in [6.07, 6.45) is 4.24. The van der Waals surface area contributed by atoms with Crippen LogP contribution in [0.15, 0.2) is 6.20 Å². The summed E-state index contributed by atoms with van der Waals surface area (Å²) in [5.74, 6) is -0.0782. The summed E-state index contributed by atoms with van der Waals surface area (Å²) in [4.78, 5) is 35.7. The Morgan fingerprint density at radius 1 is 1.26 bits per heavy atom. The number of carbonyl (C=O) groups excluding carboxylic acids is 2. The number of hydrogen-bond donors (Lipinski definition) is 0. The molecule has 35 heavy (non-hydrogen) atoms. The standard InChI is InChI=1S/C24H34ClN5O5/c1-7-17-13(2)18(33-14(3)31)21(34-17)30-20-16(12-26-30)19(27-22(25)28-20)29(15-10-8-9-11-15)23(32)35-24(4,5)6/h12-13,15,17-18,21H,7-11H2,1-6H3/t13-,17-,18?,21-/m1/s1. The van der Waals surface area contributed by atoms with Gasteiger partial charge in [-0.3, -0.25) is 9.69 Å². The molecule has 2 aromatic heterocycles. The molecule has 0 N–H and O–H groups in total. The summed E-state index contributed by atoms with van der Waals surface area (Å²) in [7, 11) is 0. The summed E-state index contributed by atoms with van der Waals surface area (Å²) in [5, 5.41) is 5.06. The van der Waals surface area contributed by atoms with Crippen LogP contribution in [-0.2, 0) is 19.0 Å². The van der Waals surface area contributed by atoms with Crippen LogP contribution in [0.5, 0.6) is 0 Å². The molecule has 0 radical (unpaired) electrons. The minimum absolute atomic E-state index is 0.0251. The molecule has 1 unspecified atom stereocenters. The normalized spacial score (nSPS) is 25.2. The van der Waals surface area contributed by atoms with E-state index in [0.717, 1.165) is 32.1 Å². The summed E-state index contributed by atoms with van der Waals surface area (Å²) < 4.78 is 19.2. The Morgan fingerprint density at radius 3 is 2.54 bits per heavy atom. The SMILES string of the molecule is CC[C@H]1O[C@@H](n2ncc3c(N(C(=O)OC(C)(C)C)C4CCCC4)nc(Cl)nc32)C(OC(C)=O)[C@@H]1C. The molecule has 1 saturated heterocycles. The maximum atomic E-state index is 13.4. The molecule has 4 atom stereocenters. The van der Waals surface area contributed by atoms with Gasteiger partial charge in [0.15, 0.2) is 23.8 Å². The van der Waals surface area contributed by atoms with E-state index in [9.17, 15) is 9.59 Å². The van der Waals surface area contributed by atoms with Gasteiger partial charge in [-0.1, -0.05) is 26.7 Å². The molecule has 10 nitrogen and oxygen atoms in total. The van der Waals surface area contributed by atoms with Gasteiger partial charge in [-0.25, -0.2) is 9.48 Å². The number of rotatable bonds is 5. The Bertz CT molecular complexity index is 1090. The van der Waals surface area contributed by atoms with Crippen molar-refractivity contribution in [3.05, 3.63) is 11.5 Å². The number of aromatic nitrogens is 4. The Kier molecular flexibility index (Phi) is 7.24. The monoisotopic (exact) mass is 507 g/mol. The zero-order chi connectivity index (χ0) is 25.5. The van der Waals surface area contributed by atoms with Crippen LogP contribution in [0, 0.1) is 5.92 Å². The second-order valence-corrected chi connectivity index (χ2v) is 10.7.